The summed E-state index contributed by atoms with van der Waals surface area (Å²) in [6.45, 7) is 4.44. The second kappa shape index (κ2) is 5.68. The number of hydrogen-bond donors (Lipinski definition) is 1. The summed E-state index contributed by atoms with van der Waals surface area (Å²) in [5.41, 5.74) is 0.421. The van der Waals surface area contributed by atoms with E-state index in [0.29, 0.717) is 4.47 Å². The molecule has 1 unspecified atom stereocenters. The van der Waals surface area contributed by atoms with Crippen molar-refractivity contribution < 1.29 is 9.50 Å². The van der Waals surface area contributed by atoms with Crippen LogP contribution in [0.5, 0.6) is 0 Å². The van der Waals surface area contributed by atoms with Gasteiger partial charge < -0.3 is 5.11 Å². The first-order chi connectivity index (χ1) is 8.48. The first kappa shape index (κ1) is 14.0. The molecule has 0 aromatic heterocycles. The van der Waals surface area contributed by atoms with Crippen molar-refractivity contribution in [3.63, 3.8) is 0 Å². The van der Waals surface area contributed by atoms with Crippen LogP contribution < -0.4 is 0 Å². The zero-order valence-electron chi connectivity index (χ0n) is 10.6. The van der Waals surface area contributed by atoms with Crippen molar-refractivity contribution >= 4 is 15.9 Å². The third-order valence-electron chi connectivity index (χ3n) is 3.58. The molecule has 1 atom stereocenters. The molecule has 0 saturated carbocycles. The van der Waals surface area contributed by atoms with Crippen LogP contribution in [-0.4, -0.2) is 28.7 Å². The average molecular weight is 316 g/mol. The number of likely N-dealkylation sites (tertiary alicyclic amines) is 1. The molecule has 1 aliphatic rings. The van der Waals surface area contributed by atoms with Gasteiger partial charge in [-0.3, -0.25) is 4.90 Å². The molecule has 1 fully saturated rings. The van der Waals surface area contributed by atoms with E-state index in [0.717, 1.165) is 44.5 Å². The Kier molecular flexibility index (Phi) is 4.41. The van der Waals surface area contributed by atoms with Gasteiger partial charge in [0.2, 0.25) is 0 Å². The van der Waals surface area contributed by atoms with E-state index in [1.54, 1.807) is 6.07 Å². The lowest BCUT2D eigenvalue weighted by atomic mass is 9.98. The Bertz CT molecular complexity index is 422. The number of hydrogen-bond acceptors (Lipinski definition) is 2. The van der Waals surface area contributed by atoms with Gasteiger partial charge in [-0.05, 0) is 60.3 Å². The smallest absolute Gasteiger partial charge is 0.137 e. The molecule has 4 heteroatoms. The van der Waals surface area contributed by atoms with E-state index in [4.69, 9.17) is 0 Å². The lowest BCUT2D eigenvalue weighted by molar-refractivity contribution is 0.0444. The molecule has 1 aliphatic heterocycles. The summed E-state index contributed by atoms with van der Waals surface area (Å²) in [5.74, 6) is -0.214. The van der Waals surface area contributed by atoms with Crippen molar-refractivity contribution in [3.05, 3.63) is 34.1 Å². The predicted octanol–water partition coefficient (Wildman–Crippen LogP) is 3.33. The van der Waals surface area contributed by atoms with Gasteiger partial charge >= 0.3 is 0 Å². The molecule has 0 amide bonds. The lowest BCUT2D eigenvalue weighted by Crippen LogP contribution is -2.28. The molecule has 1 heterocycles. The molecule has 1 aromatic rings. The first-order valence-corrected chi connectivity index (χ1v) is 7.15. The maximum atomic E-state index is 13.4. The van der Waals surface area contributed by atoms with E-state index in [1.807, 2.05) is 13.0 Å². The summed E-state index contributed by atoms with van der Waals surface area (Å²) in [4.78, 5) is 2.28. The molecular weight excluding hydrogens is 297 g/mol. The molecule has 1 N–H and O–H groups in total. The van der Waals surface area contributed by atoms with Gasteiger partial charge in [0, 0.05) is 13.1 Å². The summed E-state index contributed by atoms with van der Waals surface area (Å²) in [6.07, 6.45) is 2.60. The third kappa shape index (κ3) is 3.53. The van der Waals surface area contributed by atoms with E-state index in [2.05, 4.69) is 20.8 Å². The van der Waals surface area contributed by atoms with Crippen molar-refractivity contribution in [2.24, 2.45) is 0 Å². The Morgan fingerprint density at radius 1 is 1.39 bits per heavy atom. The number of aliphatic hydroxyl groups is 1. The minimum Gasteiger partial charge on any atom is -0.390 e. The Balaban J connectivity index is 2.03. The zero-order valence-corrected chi connectivity index (χ0v) is 12.2. The van der Waals surface area contributed by atoms with Gasteiger partial charge in [-0.2, -0.15) is 0 Å². The van der Waals surface area contributed by atoms with Crippen LogP contribution in [0.25, 0.3) is 0 Å². The standard InChI is InChI=1S/C14H19BrFNO/c1-14(18)6-3-8-17(9-7-14)10-11-4-2-5-12(16)13(11)15/h2,4-5,18H,3,6-10H2,1H3. The van der Waals surface area contributed by atoms with Crippen molar-refractivity contribution in [3.8, 4) is 0 Å². The van der Waals surface area contributed by atoms with Crippen molar-refractivity contribution in [2.45, 2.75) is 38.3 Å². The fraction of sp³-hybridized carbons (Fsp3) is 0.571. The predicted molar refractivity (Wildman–Crippen MR) is 73.9 cm³/mol. The summed E-state index contributed by atoms with van der Waals surface area (Å²) in [5, 5.41) is 10.0. The fourth-order valence-electron chi connectivity index (χ4n) is 2.39. The molecule has 0 aliphatic carbocycles. The number of nitrogens with zero attached hydrogens (tertiary/aromatic N) is 1. The normalized spacial score (nSPS) is 26.0. The molecule has 18 heavy (non-hydrogen) atoms. The van der Waals surface area contributed by atoms with E-state index in [9.17, 15) is 9.50 Å². The molecule has 1 saturated heterocycles. The quantitative estimate of drug-likeness (QED) is 0.905. The van der Waals surface area contributed by atoms with Crippen LogP contribution in [0.3, 0.4) is 0 Å². The Morgan fingerprint density at radius 3 is 2.94 bits per heavy atom. The maximum Gasteiger partial charge on any atom is 0.137 e. The van der Waals surface area contributed by atoms with Crippen LogP contribution >= 0.6 is 15.9 Å². The third-order valence-corrected chi connectivity index (χ3v) is 4.47. The lowest BCUT2D eigenvalue weighted by Gasteiger charge is -2.22. The minimum atomic E-state index is -0.548. The summed E-state index contributed by atoms with van der Waals surface area (Å²) in [6, 6.07) is 5.14. The molecule has 2 rings (SSSR count). The Morgan fingerprint density at radius 2 is 2.17 bits per heavy atom. The van der Waals surface area contributed by atoms with Gasteiger partial charge in [0.1, 0.15) is 5.82 Å². The van der Waals surface area contributed by atoms with Crippen molar-refractivity contribution in [1.82, 2.24) is 4.90 Å². The molecule has 0 bridgehead atoms. The van der Waals surface area contributed by atoms with Crippen molar-refractivity contribution in [1.29, 1.82) is 0 Å². The summed E-state index contributed by atoms with van der Waals surface area (Å²) in [7, 11) is 0. The fourth-order valence-corrected chi connectivity index (χ4v) is 2.78. The van der Waals surface area contributed by atoms with Gasteiger partial charge in [0.15, 0.2) is 0 Å². The number of benzene rings is 1. The summed E-state index contributed by atoms with van der Waals surface area (Å²) >= 11 is 3.30. The van der Waals surface area contributed by atoms with Crippen LogP contribution in [-0.2, 0) is 6.54 Å². The molecular formula is C14H19BrFNO. The van der Waals surface area contributed by atoms with Gasteiger partial charge in [0.05, 0.1) is 10.1 Å². The monoisotopic (exact) mass is 315 g/mol. The van der Waals surface area contributed by atoms with Gasteiger partial charge in [0.25, 0.3) is 0 Å². The largest absolute Gasteiger partial charge is 0.390 e. The number of rotatable bonds is 2. The van der Waals surface area contributed by atoms with Crippen LogP contribution in [0.15, 0.2) is 22.7 Å². The minimum absolute atomic E-state index is 0.214. The molecule has 100 valence electrons. The molecule has 0 spiro atoms. The topological polar surface area (TPSA) is 23.5 Å². The van der Waals surface area contributed by atoms with Crippen LogP contribution in [0.1, 0.15) is 31.7 Å². The second-order valence-electron chi connectivity index (χ2n) is 5.34. The van der Waals surface area contributed by atoms with Crippen molar-refractivity contribution in [2.75, 3.05) is 13.1 Å². The van der Waals surface area contributed by atoms with Gasteiger partial charge in [-0.1, -0.05) is 12.1 Å². The van der Waals surface area contributed by atoms with Gasteiger partial charge in [-0.15, -0.1) is 0 Å². The SMILES string of the molecule is CC1(O)CCCN(Cc2cccc(F)c2Br)CC1. The van der Waals surface area contributed by atoms with E-state index in [-0.39, 0.29) is 5.82 Å². The highest BCUT2D eigenvalue weighted by Gasteiger charge is 2.25. The highest BCUT2D eigenvalue weighted by Crippen LogP contribution is 2.25. The highest BCUT2D eigenvalue weighted by molar-refractivity contribution is 9.10. The zero-order chi connectivity index (χ0) is 13.2. The maximum absolute atomic E-state index is 13.4. The molecule has 2 nitrogen and oxygen atoms in total. The van der Waals surface area contributed by atoms with Gasteiger partial charge in [-0.25, -0.2) is 4.39 Å². The summed E-state index contributed by atoms with van der Waals surface area (Å²) < 4.78 is 14.0. The highest BCUT2D eigenvalue weighted by atomic mass is 79.9. The van der Waals surface area contributed by atoms with Crippen LogP contribution in [0.2, 0.25) is 0 Å². The average Bonchev–Trinajstić information content (AvgIpc) is 2.47. The second-order valence-corrected chi connectivity index (χ2v) is 6.13. The van der Waals surface area contributed by atoms with Crippen LogP contribution in [0.4, 0.5) is 4.39 Å². The van der Waals surface area contributed by atoms with E-state index in [1.165, 1.54) is 6.07 Å². The first-order valence-electron chi connectivity index (χ1n) is 6.35. The van der Waals surface area contributed by atoms with E-state index < -0.39 is 5.60 Å². The van der Waals surface area contributed by atoms with Crippen LogP contribution in [0, 0.1) is 5.82 Å². The molecule has 1 aromatic carbocycles. The Hall–Kier alpha value is -0.450. The molecule has 0 radical (unpaired) electrons. The number of halogens is 2. The Labute approximate surface area is 116 Å². The van der Waals surface area contributed by atoms with E-state index >= 15 is 0 Å².